The Morgan fingerprint density at radius 3 is 1.71 bits per heavy atom. The van der Waals surface area contributed by atoms with Crippen LogP contribution in [0.25, 0.3) is 22.3 Å². The Bertz CT molecular complexity index is 2720. The Balaban J connectivity index is 1.21. The van der Waals surface area contributed by atoms with Gasteiger partial charge in [0, 0.05) is 12.1 Å². The number of carboxylic acid groups (broad SMARTS) is 1. The molecular weight excluding hydrogens is 757 g/mol. The van der Waals surface area contributed by atoms with E-state index in [0.29, 0.717) is 11.1 Å². The summed E-state index contributed by atoms with van der Waals surface area (Å²) in [4.78, 5) is 25.2. The molecule has 0 aliphatic rings. The lowest BCUT2D eigenvalue weighted by Gasteiger charge is -2.14. The van der Waals surface area contributed by atoms with Crippen molar-refractivity contribution >= 4 is 43.4 Å². The molecule has 6 aromatic rings. The number of aryl methyl sites for hydroxylation is 3. The average Bonchev–Trinajstić information content (AvgIpc) is 3.14. The maximum Gasteiger partial charge on any atom is 0.347 e. The smallest absolute Gasteiger partial charge is 0.347 e. The van der Waals surface area contributed by atoms with Crippen molar-refractivity contribution in [3.63, 3.8) is 0 Å². The lowest BCUT2D eigenvalue weighted by Crippen LogP contribution is -2.15. The third kappa shape index (κ3) is 8.36. The van der Waals surface area contributed by atoms with Gasteiger partial charge in [0.1, 0.15) is 28.4 Å². The summed E-state index contributed by atoms with van der Waals surface area (Å²) in [5, 5.41) is 20.6. The molecule has 0 spiro atoms. The fraction of sp³-hybridized carbons (Fsp3) is 0.0952. The second kappa shape index (κ2) is 15.6. The molecule has 0 fully saturated rings. The molecule has 0 atom stereocenters. The fourth-order valence-electron chi connectivity index (χ4n) is 6.21. The van der Waals surface area contributed by atoms with Gasteiger partial charge in [0.05, 0.1) is 28.3 Å². The SMILES string of the molecule is COc1c(C)cc(-c2cccc(S(=O)(=O)Nc3ccc(C(=O)O)c(OC(=O)c4ccc(NS(=O)(=O)c5cccc(-c6ccccc6C)c5)cc4O)c3)c2)cc1C. The summed E-state index contributed by atoms with van der Waals surface area (Å²) in [6.07, 6.45) is 0. The number of methoxy groups -OCH3 is 1. The van der Waals surface area contributed by atoms with Crippen LogP contribution in [-0.4, -0.2) is 46.1 Å². The van der Waals surface area contributed by atoms with Crippen LogP contribution in [0, 0.1) is 20.8 Å². The van der Waals surface area contributed by atoms with Gasteiger partial charge in [-0.05, 0) is 120 Å². The Hall–Kier alpha value is -6.64. The molecule has 12 nitrogen and oxygen atoms in total. The number of phenols is 1. The number of benzene rings is 6. The van der Waals surface area contributed by atoms with Gasteiger partial charge in [-0.2, -0.15) is 0 Å². The van der Waals surface area contributed by atoms with Gasteiger partial charge in [-0.25, -0.2) is 26.4 Å². The van der Waals surface area contributed by atoms with Crippen molar-refractivity contribution in [2.45, 2.75) is 30.6 Å². The molecule has 4 N–H and O–H groups in total. The molecule has 56 heavy (non-hydrogen) atoms. The topological polar surface area (TPSA) is 185 Å². The number of nitrogens with one attached hydrogen (secondary N) is 2. The summed E-state index contributed by atoms with van der Waals surface area (Å²) in [6.45, 7) is 5.69. The number of aromatic hydroxyl groups is 1. The molecular formula is C42H36N2O10S2. The molecule has 0 aliphatic heterocycles. The normalized spacial score (nSPS) is 11.4. The number of ether oxygens (including phenoxy) is 2. The first-order valence-electron chi connectivity index (χ1n) is 17.0. The monoisotopic (exact) mass is 792 g/mol. The van der Waals surface area contributed by atoms with E-state index in [2.05, 4.69) is 9.44 Å². The summed E-state index contributed by atoms with van der Waals surface area (Å²) in [5.74, 6) is -3.12. The Kier molecular flexibility index (Phi) is 10.9. The van der Waals surface area contributed by atoms with Crippen molar-refractivity contribution in [3.8, 4) is 39.5 Å². The van der Waals surface area contributed by atoms with Gasteiger partial charge in [0.15, 0.2) is 0 Å². The van der Waals surface area contributed by atoms with Crippen molar-refractivity contribution in [1.82, 2.24) is 0 Å². The van der Waals surface area contributed by atoms with E-state index in [-0.39, 0.29) is 21.2 Å². The van der Waals surface area contributed by atoms with Crippen LogP contribution in [-0.2, 0) is 20.0 Å². The third-order valence-electron chi connectivity index (χ3n) is 8.88. The Morgan fingerprint density at radius 1 is 0.589 bits per heavy atom. The van der Waals surface area contributed by atoms with E-state index in [1.54, 1.807) is 31.4 Å². The minimum absolute atomic E-state index is 0.0342. The lowest BCUT2D eigenvalue weighted by atomic mass is 10.00. The number of aromatic carboxylic acids is 1. The van der Waals surface area contributed by atoms with Gasteiger partial charge in [0.25, 0.3) is 20.0 Å². The molecule has 0 saturated carbocycles. The summed E-state index contributed by atoms with van der Waals surface area (Å²) < 4.78 is 69.2. The first kappa shape index (κ1) is 39.1. The number of carbonyl (C=O) groups is 2. The molecule has 0 amide bonds. The van der Waals surface area contributed by atoms with E-state index in [9.17, 15) is 36.6 Å². The van der Waals surface area contributed by atoms with Gasteiger partial charge < -0.3 is 19.7 Å². The minimum atomic E-state index is -4.23. The van der Waals surface area contributed by atoms with E-state index in [1.165, 1.54) is 36.4 Å². The maximum absolute atomic E-state index is 13.5. The zero-order valence-corrected chi connectivity index (χ0v) is 32.2. The molecule has 0 saturated heterocycles. The van der Waals surface area contributed by atoms with Gasteiger partial charge in [-0.1, -0.05) is 48.5 Å². The number of carboxylic acids is 1. The highest BCUT2D eigenvalue weighted by Gasteiger charge is 2.23. The Morgan fingerprint density at radius 2 is 1.14 bits per heavy atom. The second-order valence-electron chi connectivity index (χ2n) is 12.9. The summed E-state index contributed by atoms with van der Waals surface area (Å²) in [5.41, 5.74) is 4.60. The summed E-state index contributed by atoms with van der Waals surface area (Å²) in [7, 11) is -6.79. The number of rotatable bonds is 12. The molecule has 286 valence electrons. The third-order valence-corrected chi connectivity index (χ3v) is 11.6. The largest absolute Gasteiger partial charge is 0.507 e. The molecule has 0 bridgehead atoms. The molecule has 0 unspecified atom stereocenters. The van der Waals surface area contributed by atoms with Crippen LogP contribution in [0.1, 0.15) is 37.4 Å². The van der Waals surface area contributed by atoms with Crippen molar-refractivity contribution in [1.29, 1.82) is 0 Å². The predicted octanol–water partition coefficient (Wildman–Crippen LogP) is 8.18. The molecule has 6 rings (SSSR count). The van der Waals surface area contributed by atoms with Gasteiger partial charge in [0.2, 0.25) is 0 Å². The first-order valence-corrected chi connectivity index (χ1v) is 19.9. The van der Waals surface area contributed by atoms with Crippen molar-refractivity contribution in [2.75, 3.05) is 16.6 Å². The quantitative estimate of drug-likeness (QED) is 0.0696. The van der Waals surface area contributed by atoms with E-state index in [0.717, 1.165) is 57.8 Å². The van der Waals surface area contributed by atoms with Gasteiger partial charge >= 0.3 is 11.9 Å². The summed E-state index contributed by atoms with van der Waals surface area (Å²) >= 11 is 0. The van der Waals surface area contributed by atoms with Crippen LogP contribution >= 0.6 is 0 Å². The first-order chi connectivity index (χ1) is 26.6. The highest BCUT2D eigenvalue weighted by atomic mass is 32.2. The number of hydrogen-bond acceptors (Lipinski definition) is 9. The minimum Gasteiger partial charge on any atom is -0.507 e. The number of anilines is 2. The number of phenolic OH excluding ortho intramolecular Hbond substituents is 1. The Labute approximate surface area is 324 Å². The van der Waals surface area contributed by atoms with Gasteiger partial charge in [-0.3, -0.25) is 9.44 Å². The number of sulfonamides is 2. The summed E-state index contributed by atoms with van der Waals surface area (Å²) in [6, 6.07) is 30.5. The van der Waals surface area contributed by atoms with Crippen LogP contribution in [0.5, 0.6) is 17.2 Å². The van der Waals surface area contributed by atoms with Crippen LogP contribution < -0.4 is 18.9 Å². The van der Waals surface area contributed by atoms with E-state index in [4.69, 9.17) is 9.47 Å². The molecule has 0 heterocycles. The fourth-order valence-corrected chi connectivity index (χ4v) is 8.40. The molecule has 6 aromatic carbocycles. The highest BCUT2D eigenvalue weighted by Crippen LogP contribution is 2.33. The van der Waals surface area contributed by atoms with Crippen molar-refractivity contribution < 1.29 is 46.1 Å². The zero-order chi connectivity index (χ0) is 40.4. The number of hydrogen-bond donors (Lipinski definition) is 4. The van der Waals surface area contributed by atoms with Crippen LogP contribution in [0.3, 0.4) is 0 Å². The van der Waals surface area contributed by atoms with Gasteiger partial charge in [-0.15, -0.1) is 0 Å². The predicted molar refractivity (Wildman–Crippen MR) is 213 cm³/mol. The highest BCUT2D eigenvalue weighted by molar-refractivity contribution is 7.93. The molecule has 0 aliphatic carbocycles. The molecule has 0 aromatic heterocycles. The van der Waals surface area contributed by atoms with E-state index >= 15 is 0 Å². The molecule has 0 radical (unpaired) electrons. The van der Waals surface area contributed by atoms with E-state index in [1.807, 2.05) is 57.2 Å². The second-order valence-corrected chi connectivity index (χ2v) is 16.2. The number of esters is 1. The zero-order valence-electron chi connectivity index (χ0n) is 30.5. The van der Waals surface area contributed by atoms with Crippen LogP contribution in [0.15, 0.2) is 131 Å². The van der Waals surface area contributed by atoms with E-state index < -0.39 is 54.6 Å². The van der Waals surface area contributed by atoms with Crippen LogP contribution in [0.4, 0.5) is 11.4 Å². The van der Waals surface area contributed by atoms with Crippen molar-refractivity contribution in [2.24, 2.45) is 0 Å². The molecule has 14 heteroatoms. The lowest BCUT2D eigenvalue weighted by molar-refractivity contribution is 0.0681. The average molecular weight is 793 g/mol. The van der Waals surface area contributed by atoms with Crippen molar-refractivity contribution in [3.05, 3.63) is 149 Å². The maximum atomic E-state index is 13.5. The number of carbonyl (C=O) groups excluding carboxylic acids is 1. The van der Waals surface area contributed by atoms with Crippen LogP contribution in [0.2, 0.25) is 0 Å². The standard InChI is InChI=1S/C42H36N2O10S2/c1-25-9-5-6-14-35(25)29-11-8-13-34(22-29)56(51,52)43-31-15-17-36(38(45)23-31)42(48)54-39-24-32(16-18-37(39)41(46)47)44-55(49,50)33-12-7-10-28(21-33)30-19-26(2)40(53-4)27(3)20-30/h5-24,43-45H,1-4H3,(H,46,47).